The molecule has 2 aromatic heterocycles. The van der Waals surface area contributed by atoms with Crippen LogP contribution in [0, 0.1) is 47.1 Å². The van der Waals surface area contributed by atoms with Gasteiger partial charge >= 0.3 is 6.01 Å². The highest BCUT2D eigenvalue weighted by Gasteiger charge is 2.45. The van der Waals surface area contributed by atoms with E-state index in [0.717, 1.165) is 116 Å². The van der Waals surface area contributed by atoms with E-state index in [2.05, 4.69) is 37.4 Å². The average Bonchev–Trinajstić information content (AvgIpc) is 4.10. The Morgan fingerprint density at radius 2 is 1.72 bits per heavy atom. The second-order valence-electron chi connectivity index (χ2n) is 19.4. The molecule has 0 amide bonds. The third-order valence-electron chi connectivity index (χ3n) is 14.7. The molecule has 3 aromatic carbocycles. The van der Waals surface area contributed by atoms with E-state index in [0.29, 0.717) is 57.1 Å². The highest BCUT2D eigenvalue weighted by atomic mass is 19.1. The van der Waals surface area contributed by atoms with Crippen molar-refractivity contribution in [2.75, 3.05) is 81.9 Å². The van der Waals surface area contributed by atoms with Crippen LogP contribution in [0.15, 0.2) is 54.7 Å². The Labute approximate surface area is 381 Å². The fraction of sp³-hybridized carbons (Fsp3) is 0.491. The van der Waals surface area contributed by atoms with Crippen molar-refractivity contribution >= 4 is 44.7 Å². The molecule has 0 bridgehead atoms. The van der Waals surface area contributed by atoms with Gasteiger partial charge in [0.25, 0.3) is 0 Å². The van der Waals surface area contributed by atoms with E-state index in [-0.39, 0.29) is 45.7 Å². The lowest BCUT2D eigenvalue weighted by atomic mass is 9.91. The number of carbonyl (C=O) groups excluding carboxylic acids is 2. The van der Waals surface area contributed by atoms with Crippen LogP contribution in [0.25, 0.3) is 32.9 Å². The fourth-order valence-electron chi connectivity index (χ4n) is 10.4. The van der Waals surface area contributed by atoms with E-state index >= 15 is 4.39 Å². The molecule has 4 aliphatic rings. The van der Waals surface area contributed by atoms with E-state index in [1.165, 1.54) is 13.0 Å². The van der Waals surface area contributed by atoms with Gasteiger partial charge in [0.1, 0.15) is 22.8 Å². The zero-order valence-corrected chi connectivity index (χ0v) is 38.3. The number of terminal acetylenes is 1. The van der Waals surface area contributed by atoms with Crippen LogP contribution in [0.5, 0.6) is 6.01 Å². The van der Waals surface area contributed by atoms with Gasteiger partial charge in [0.2, 0.25) is 0 Å². The summed E-state index contributed by atoms with van der Waals surface area (Å²) in [6.45, 7) is 17.6. The van der Waals surface area contributed by atoms with Crippen LogP contribution in [0.4, 0.5) is 20.3 Å². The summed E-state index contributed by atoms with van der Waals surface area (Å²) in [4.78, 5) is 49.6. The number of carbonyl (C=O) groups is 2. The van der Waals surface area contributed by atoms with Crippen molar-refractivity contribution in [3.63, 3.8) is 0 Å². The number of hydrogen-bond donors (Lipinski definition) is 0. The van der Waals surface area contributed by atoms with Crippen LogP contribution in [-0.4, -0.2) is 108 Å². The van der Waals surface area contributed by atoms with Crippen LogP contribution < -0.4 is 14.5 Å². The minimum absolute atomic E-state index is 0.00353. The number of piperazine rings is 1. The fourth-order valence-corrected chi connectivity index (χ4v) is 10.4. The molecule has 1 aliphatic carbocycles. The number of ketones is 2. The first-order chi connectivity index (χ1) is 31.4. The molecule has 3 aliphatic heterocycles. The van der Waals surface area contributed by atoms with E-state index < -0.39 is 11.6 Å². The summed E-state index contributed by atoms with van der Waals surface area (Å²) in [6.07, 6.45) is 14.7. The minimum Gasteiger partial charge on any atom is -0.463 e. The average molecular weight is 882 g/mol. The van der Waals surface area contributed by atoms with Gasteiger partial charge in [-0.15, -0.1) is 6.42 Å². The quantitative estimate of drug-likeness (QED) is 0.0794. The maximum Gasteiger partial charge on any atom is 0.319 e. The Hall–Kier alpha value is -5.51. The molecule has 5 heterocycles. The summed E-state index contributed by atoms with van der Waals surface area (Å²) in [6, 6.07) is 14.3. The van der Waals surface area contributed by atoms with Crippen molar-refractivity contribution in [1.82, 2.24) is 24.8 Å². The van der Waals surface area contributed by atoms with E-state index in [1.807, 2.05) is 38.1 Å². The lowest BCUT2D eigenvalue weighted by molar-refractivity contribution is 0.0916. The molecule has 9 rings (SSSR count). The number of ether oxygens (including phenoxy) is 1. The standard InChI is InChI=1S/C53H61F2N7O3/c1-6-35(4)50(64)43-28-39(14-15-41(43)36(5)63)61-26-24-59(25-27-61)31-37-17-22-60(23-18-37)32-53(19-20-53)33-65-52-57-49-44(51(58-52)62-21-9-10-34(3)30-62)29-56-48(47(49)55)42-12-8-11-38-13-16-45(54)40(7-2)46(38)42/h2,8,11-16,28-29,34-35,37H,6,9-10,17-27,30-33H2,1,3-5H3. The molecular formula is C53H61F2N7O3. The minimum atomic E-state index is -0.615. The Morgan fingerprint density at radius 1 is 0.938 bits per heavy atom. The van der Waals surface area contributed by atoms with Crippen LogP contribution in [0.3, 0.4) is 0 Å². The highest BCUT2D eigenvalue weighted by molar-refractivity contribution is 6.09. The molecule has 0 radical (unpaired) electrons. The number of pyridine rings is 1. The molecule has 2 unspecified atom stereocenters. The molecule has 12 heteroatoms. The van der Waals surface area contributed by atoms with Gasteiger partial charge in [0.15, 0.2) is 17.4 Å². The summed E-state index contributed by atoms with van der Waals surface area (Å²) < 4.78 is 38.4. The number of anilines is 2. The highest BCUT2D eigenvalue weighted by Crippen LogP contribution is 2.47. The lowest BCUT2D eigenvalue weighted by Gasteiger charge is -2.40. The zero-order chi connectivity index (χ0) is 45.4. The first kappa shape index (κ1) is 44.7. The maximum absolute atomic E-state index is 17.0. The van der Waals surface area contributed by atoms with Gasteiger partial charge in [-0.25, -0.2) is 8.78 Å². The number of hydrogen-bond acceptors (Lipinski definition) is 10. The van der Waals surface area contributed by atoms with Gasteiger partial charge in [0.05, 0.1) is 17.6 Å². The number of benzene rings is 3. The zero-order valence-electron chi connectivity index (χ0n) is 38.3. The van der Waals surface area contributed by atoms with Crippen LogP contribution in [0.2, 0.25) is 0 Å². The summed E-state index contributed by atoms with van der Waals surface area (Å²) in [7, 11) is 0. The summed E-state index contributed by atoms with van der Waals surface area (Å²) in [5.74, 6) is 2.89. The van der Waals surface area contributed by atoms with Gasteiger partial charge in [-0.3, -0.25) is 19.5 Å². The molecule has 4 fully saturated rings. The number of piperidine rings is 2. The molecule has 1 saturated carbocycles. The largest absolute Gasteiger partial charge is 0.463 e. The Kier molecular flexibility index (Phi) is 12.9. The van der Waals surface area contributed by atoms with Crippen molar-refractivity contribution in [2.45, 2.75) is 72.6 Å². The first-order valence-corrected chi connectivity index (χ1v) is 23.7. The number of nitrogens with zero attached hydrogens (tertiary/aromatic N) is 7. The van der Waals surface area contributed by atoms with Crippen LogP contribution in [0.1, 0.15) is 98.9 Å². The van der Waals surface area contributed by atoms with Gasteiger partial charge in [-0.2, -0.15) is 9.97 Å². The van der Waals surface area contributed by atoms with Crippen molar-refractivity contribution in [3.8, 4) is 29.6 Å². The van der Waals surface area contributed by atoms with Crippen molar-refractivity contribution in [2.24, 2.45) is 23.2 Å². The molecular weight excluding hydrogens is 821 g/mol. The Bertz CT molecular complexity index is 2640. The Balaban J connectivity index is 0.841. The molecule has 10 nitrogen and oxygen atoms in total. The smallest absolute Gasteiger partial charge is 0.319 e. The summed E-state index contributed by atoms with van der Waals surface area (Å²) in [5.41, 5.74) is 2.76. The Morgan fingerprint density at radius 3 is 2.43 bits per heavy atom. The second-order valence-corrected chi connectivity index (χ2v) is 19.4. The topological polar surface area (TPSA) is 95.0 Å². The predicted octanol–water partition coefficient (Wildman–Crippen LogP) is 9.47. The SMILES string of the molecule is C#Cc1c(F)ccc2cccc(-c3ncc4c(N5CCCC(C)C5)nc(OCC5(CN6CCC(CN7CCN(c8ccc(C(C)=O)c(C(=O)C(C)CC)c8)CC7)CC6)CC5)nc4c3F)c12. The number of fused-ring (bicyclic) bond motifs is 2. The molecule has 0 N–H and O–H groups in total. The molecule has 340 valence electrons. The lowest BCUT2D eigenvalue weighted by Crippen LogP contribution is -2.49. The van der Waals surface area contributed by atoms with Gasteiger partial charge in [0, 0.05) is 97.7 Å². The number of rotatable bonds is 14. The van der Waals surface area contributed by atoms with Crippen molar-refractivity contribution < 1.29 is 23.1 Å². The summed E-state index contributed by atoms with van der Waals surface area (Å²) in [5, 5.41) is 1.66. The van der Waals surface area contributed by atoms with E-state index in [1.54, 1.807) is 24.4 Å². The third-order valence-corrected chi connectivity index (χ3v) is 14.7. The first-order valence-electron chi connectivity index (χ1n) is 23.7. The third kappa shape index (κ3) is 9.32. The van der Waals surface area contributed by atoms with Gasteiger partial charge < -0.3 is 19.4 Å². The molecule has 0 spiro atoms. The number of likely N-dealkylation sites (tertiary alicyclic amines) is 1. The monoisotopic (exact) mass is 881 g/mol. The summed E-state index contributed by atoms with van der Waals surface area (Å²) >= 11 is 0. The number of aromatic nitrogens is 3. The van der Waals surface area contributed by atoms with E-state index in [9.17, 15) is 14.0 Å². The number of halogens is 2. The van der Waals surface area contributed by atoms with Gasteiger partial charge in [-0.1, -0.05) is 51.0 Å². The van der Waals surface area contributed by atoms with Crippen LogP contribution in [-0.2, 0) is 0 Å². The molecule has 65 heavy (non-hydrogen) atoms. The van der Waals surface area contributed by atoms with Crippen LogP contribution >= 0.6 is 0 Å². The molecule has 2 atom stereocenters. The predicted molar refractivity (Wildman–Crippen MR) is 254 cm³/mol. The molecule has 3 saturated heterocycles. The number of Topliss-reactive ketones (excluding diaryl/α,β-unsaturated/α-hetero) is 2. The van der Waals surface area contributed by atoms with E-state index in [4.69, 9.17) is 21.1 Å². The molecule has 5 aromatic rings. The second kappa shape index (κ2) is 18.8. The maximum atomic E-state index is 17.0. The van der Waals surface area contributed by atoms with Crippen molar-refractivity contribution in [3.05, 3.63) is 83.1 Å². The van der Waals surface area contributed by atoms with Gasteiger partial charge in [-0.05, 0) is 106 Å². The normalized spacial score (nSPS) is 19.9. The van der Waals surface area contributed by atoms with Crippen molar-refractivity contribution in [1.29, 1.82) is 0 Å².